The number of carbonyl (C=O) groups is 1. The van der Waals surface area contributed by atoms with E-state index in [1.165, 1.54) is 12.7 Å². The van der Waals surface area contributed by atoms with Crippen molar-refractivity contribution in [2.24, 2.45) is 0 Å². The SMILES string of the molecule is C=CCc1ccc(O)c(OC)c1.CC(=O)O.CC=Cc1ccc(OC)cc1. The highest BCUT2D eigenvalue weighted by Crippen LogP contribution is 2.26. The molecule has 0 unspecified atom stereocenters. The van der Waals surface area contributed by atoms with E-state index in [4.69, 9.17) is 19.4 Å². The highest BCUT2D eigenvalue weighted by atomic mass is 16.5. The van der Waals surface area contributed by atoms with Crippen LogP contribution in [0.3, 0.4) is 0 Å². The first-order valence-corrected chi connectivity index (χ1v) is 8.30. The quantitative estimate of drug-likeness (QED) is 0.727. The maximum absolute atomic E-state index is 9.25. The fourth-order valence-electron chi connectivity index (χ4n) is 1.92. The smallest absolute Gasteiger partial charge is 0.300 e. The number of carboxylic acid groups (broad SMARTS) is 1. The van der Waals surface area contributed by atoms with Crippen molar-refractivity contribution >= 4 is 12.0 Å². The van der Waals surface area contributed by atoms with Gasteiger partial charge in [0.05, 0.1) is 14.2 Å². The monoisotopic (exact) mass is 372 g/mol. The number of aromatic hydroxyl groups is 1. The molecule has 146 valence electrons. The Kier molecular flexibility index (Phi) is 12.3. The predicted molar refractivity (Wildman–Crippen MR) is 110 cm³/mol. The zero-order valence-electron chi connectivity index (χ0n) is 16.3. The van der Waals surface area contributed by atoms with Gasteiger partial charge in [0.1, 0.15) is 5.75 Å². The molecule has 0 fully saturated rings. The lowest BCUT2D eigenvalue weighted by Crippen LogP contribution is -1.86. The number of methoxy groups -OCH3 is 2. The summed E-state index contributed by atoms with van der Waals surface area (Å²) in [6.45, 7) is 6.72. The molecule has 2 rings (SSSR count). The molecule has 0 radical (unpaired) electrons. The van der Waals surface area contributed by atoms with Crippen LogP contribution in [0.2, 0.25) is 0 Å². The van der Waals surface area contributed by atoms with Crippen LogP contribution in [0.1, 0.15) is 25.0 Å². The highest BCUT2D eigenvalue weighted by molar-refractivity contribution is 5.63. The highest BCUT2D eigenvalue weighted by Gasteiger charge is 2.00. The number of hydrogen-bond acceptors (Lipinski definition) is 4. The molecule has 2 aromatic carbocycles. The predicted octanol–water partition coefficient (Wildman–Crippen LogP) is 4.95. The molecule has 2 aromatic rings. The van der Waals surface area contributed by atoms with Gasteiger partial charge in [-0.25, -0.2) is 0 Å². The number of carboxylic acids is 1. The summed E-state index contributed by atoms with van der Waals surface area (Å²) in [5.74, 6) is 0.748. The molecule has 0 aliphatic rings. The molecule has 0 bridgehead atoms. The number of phenolic OH excluding ortho intramolecular Hbond substituents is 1. The summed E-state index contributed by atoms with van der Waals surface area (Å²) < 4.78 is 9.97. The van der Waals surface area contributed by atoms with Gasteiger partial charge < -0.3 is 19.7 Å². The summed E-state index contributed by atoms with van der Waals surface area (Å²) in [4.78, 5) is 9.00. The van der Waals surface area contributed by atoms with E-state index < -0.39 is 5.97 Å². The zero-order chi connectivity index (χ0) is 20.7. The lowest BCUT2D eigenvalue weighted by molar-refractivity contribution is -0.134. The van der Waals surface area contributed by atoms with Crippen LogP contribution < -0.4 is 9.47 Å². The van der Waals surface area contributed by atoms with Crippen molar-refractivity contribution in [3.8, 4) is 17.2 Å². The molecule has 0 aliphatic carbocycles. The van der Waals surface area contributed by atoms with Gasteiger partial charge in [-0.3, -0.25) is 4.79 Å². The second-order valence-corrected chi connectivity index (χ2v) is 5.29. The number of phenols is 1. The van der Waals surface area contributed by atoms with E-state index in [9.17, 15) is 5.11 Å². The van der Waals surface area contributed by atoms with Gasteiger partial charge in [-0.15, -0.1) is 6.58 Å². The standard InChI is InChI=1S/C10H12O2.C10H12O.C2H4O2/c1-3-4-8-5-6-9(11)10(7-8)12-2;1-3-4-9-5-7-10(11-2)8-6-9;1-2(3)4/h3,5-7,11H,1,4H2,2H3;3-8H,1-2H3;1H3,(H,3,4). The first kappa shape index (κ1) is 23.8. The Morgan fingerprint density at radius 1 is 1.11 bits per heavy atom. The Morgan fingerprint density at radius 2 is 1.70 bits per heavy atom. The van der Waals surface area contributed by atoms with Gasteiger partial charge in [0.25, 0.3) is 5.97 Å². The van der Waals surface area contributed by atoms with E-state index in [0.717, 1.165) is 24.7 Å². The number of aliphatic carboxylic acids is 1. The number of benzene rings is 2. The van der Waals surface area contributed by atoms with Gasteiger partial charge in [0.2, 0.25) is 0 Å². The number of rotatable bonds is 5. The Hall–Kier alpha value is -3.21. The fraction of sp³-hybridized carbons (Fsp3) is 0.227. The summed E-state index contributed by atoms with van der Waals surface area (Å²) in [5, 5.41) is 16.7. The molecule has 0 spiro atoms. The van der Waals surface area contributed by atoms with E-state index in [1.807, 2.05) is 49.4 Å². The minimum atomic E-state index is -0.833. The van der Waals surface area contributed by atoms with Crippen LogP contribution in [-0.4, -0.2) is 30.4 Å². The second kappa shape index (κ2) is 14.0. The van der Waals surface area contributed by atoms with Crippen LogP contribution in [-0.2, 0) is 11.2 Å². The summed E-state index contributed by atoms with van der Waals surface area (Å²) in [6.07, 6.45) is 6.67. The number of ether oxygens (including phenoxy) is 2. The van der Waals surface area contributed by atoms with Crippen molar-refractivity contribution in [3.05, 3.63) is 72.3 Å². The minimum Gasteiger partial charge on any atom is -0.504 e. The third-order valence-corrected chi connectivity index (χ3v) is 3.10. The van der Waals surface area contributed by atoms with Crippen LogP contribution in [0.5, 0.6) is 17.2 Å². The topological polar surface area (TPSA) is 76.0 Å². The Balaban J connectivity index is 0.000000421. The third kappa shape index (κ3) is 11.1. The molecule has 0 saturated carbocycles. The van der Waals surface area contributed by atoms with Crippen molar-refractivity contribution in [3.63, 3.8) is 0 Å². The van der Waals surface area contributed by atoms with Crippen LogP contribution in [0.15, 0.2) is 61.2 Å². The Morgan fingerprint density at radius 3 is 2.15 bits per heavy atom. The minimum absolute atomic E-state index is 0.172. The summed E-state index contributed by atoms with van der Waals surface area (Å²) in [7, 11) is 3.21. The van der Waals surface area contributed by atoms with E-state index in [1.54, 1.807) is 19.2 Å². The Labute approximate surface area is 161 Å². The van der Waals surface area contributed by atoms with Crippen molar-refractivity contribution in [2.45, 2.75) is 20.3 Å². The summed E-state index contributed by atoms with van der Waals surface area (Å²) >= 11 is 0. The molecule has 0 amide bonds. The fourth-order valence-corrected chi connectivity index (χ4v) is 1.92. The lowest BCUT2D eigenvalue weighted by Gasteiger charge is -2.04. The maximum atomic E-state index is 9.25. The number of allylic oxidation sites excluding steroid dienone is 2. The van der Waals surface area contributed by atoms with Gasteiger partial charge in [-0.1, -0.05) is 36.4 Å². The van der Waals surface area contributed by atoms with Gasteiger partial charge >= 0.3 is 0 Å². The molecule has 5 heteroatoms. The Bertz CT molecular complexity index is 714. The van der Waals surface area contributed by atoms with E-state index in [-0.39, 0.29) is 5.75 Å². The molecule has 0 atom stereocenters. The largest absolute Gasteiger partial charge is 0.504 e. The van der Waals surface area contributed by atoms with Crippen LogP contribution >= 0.6 is 0 Å². The number of hydrogen-bond donors (Lipinski definition) is 2. The molecule has 27 heavy (non-hydrogen) atoms. The molecule has 0 aliphatic heterocycles. The van der Waals surface area contributed by atoms with Gasteiger partial charge in [-0.2, -0.15) is 0 Å². The first-order valence-electron chi connectivity index (χ1n) is 8.30. The van der Waals surface area contributed by atoms with E-state index in [2.05, 4.69) is 12.7 Å². The van der Waals surface area contributed by atoms with Crippen LogP contribution in [0.4, 0.5) is 0 Å². The zero-order valence-corrected chi connectivity index (χ0v) is 16.3. The average molecular weight is 372 g/mol. The van der Waals surface area contributed by atoms with Crippen LogP contribution in [0, 0.1) is 0 Å². The van der Waals surface area contributed by atoms with Gasteiger partial charge in [0.15, 0.2) is 11.5 Å². The molecule has 0 heterocycles. The van der Waals surface area contributed by atoms with Crippen molar-refractivity contribution in [1.82, 2.24) is 0 Å². The molecule has 2 N–H and O–H groups in total. The lowest BCUT2D eigenvalue weighted by atomic mass is 10.1. The van der Waals surface area contributed by atoms with Crippen molar-refractivity contribution in [2.75, 3.05) is 14.2 Å². The van der Waals surface area contributed by atoms with Gasteiger partial charge in [0, 0.05) is 6.92 Å². The molecule has 5 nitrogen and oxygen atoms in total. The van der Waals surface area contributed by atoms with Gasteiger partial charge in [-0.05, 0) is 48.7 Å². The van der Waals surface area contributed by atoms with E-state index >= 15 is 0 Å². The van der Waals surface area contributed by atoms with Crippen molar-refractivity contribution < 1.29 is 24.5 Å². The van der Waals surface area contributed by atoms with Crippen molar-refractivity contribution in [1.29, 1.82) is 0 Å². The average Bonchev–Trinajstić information content (AvgIpc) is 2.64. The molecular formula is C22H28O5. The second-order valence-electron chi connectivity index (χ2n) is 5.29. The summed E-state index contributed by atoms with van der Waals surface area (Å²) in [6, 6.07) is 13.2. The van der Waals surface area contributed by atoms with Crippen LogP contribution in [0.25, 0.3) is 6.08 Å². The molecule has 0 saturated heterocycles. The normalized spacial score (nSPS) is 9.33. The summed E-state index contributed by atoms with van der Waals surface area (Å²) in [5.41, 5.74) is 2.29. The molecular weight excluding hydrogens is 344 g/mol. The maximum Gasteiger partial charge on any atom is 0.300 e. The third-order valence-electron chi connectivity index (χ3n) is 3.10. The first-order chi connectivity index (χ1) is 12.9. The molecule has 0 aromatic heterocycles. The van der Waals surface area contributed by atoms with E-state index in [0.29, 0.717) is 5.75 Å².